The zero-order valence-electron chi connectivity index (χ0n) is 33.2. The number of aryl methyl sites for hydroxylation is 2. The predicted octanol–water partition coefficient (Wildman–Crippen LogP) is 12.4. The molecule has 9 rings (SSSR count). The number of hydrogen-bond acceptors (Lipinski definition) is 4. The molecule has 4 aromatic heterocycles. The zero-order valence-corrected chi connectivity index (χ0v) is 32.6. The summed E-state index contributed by atoms with van der Waals surface area (Å²) in [4.78, 5) is 14.4. The minimum absolute atomic E-state index is 0. The van der Waals surface area contributed by atoms with Crippen LogP contribution < -0.4 is 0 Å². The van der Waals surface area contributed by atoms with E-state index in [1.54, 1.807) is 18.2 Å². The van der Waals surface area contributed by atoms with Crippen LogP contribution in [0.3, 0.4) is 0 Å². The number of pyridine rings is 2. The van der Waals surface area contributed by atoms with Gasteiger partial charge in [0.2, 0.25) is 0 Å². The van der Waals surface area contributed by atoms with Gasteiger partial charge in [-0.15, -0.1) is 54.1 Å². The topological polar surface area (TPSA) is 56.7 Å². The molecule has 0 aliphatic carbocycles. The maximum atomic E-state index is 7.23. The van der Waals surface area contributed by atoms with Gasteiger partial charge in [-0.05, 0) is 60.1 Å². The van der Waals surface area contributed by atoms with Crippen LogP contribution in [0.15, 0.2) is 126 Å². The van der Waals surface area contributed by atoms with E-state index in [-0.39, 0.29) is 25.7 Å². The van der Waals surface area contributed by atoms with Crippen molar-refractivity contribution in [3.63, 3.8) is 0 Å². The average Bonchev–Trinajstić information content (AvgIpc) is 3.78. The number of para-hydroxylation sites is 3. The molecule has 5 nitrogen and oxygen atoms in total. The number of aromatic nitrogens is 4. The molecule has 0 unspecified atom stereocenters. The third-order valence-corrected chi connectivity index (χ3v) is 9.54. The van der Waals surface area contributed by atoms with Gasteiger partial charge in [0.1, 0.15) is 5.58 Å². The molecule has 0 bridgehead atoms. The zero-order chi connectivity index (χ0) is 38.4. The van der Waals surface area contributed by atoms with Crippen LogP contribution in [-0.4, -0.2) is 19.5 Å². The van der Waals surface area contributed by atoms with Gasteiger partial charge >= 0.3 is 0 Å². The smallest absolute Gasteiger partial charge is 0.120 e. The first kappa shape index (κ1) is 32.2. The molecule has 0 amide bonds. The van der Waals surface area contributed by atoms with Crippen molar-refractivity contribution in [2.75, 3.05) is 0 Å². The van der Waals surface area contributed by atoms with Gasteiger partial charge in [0.05, 0.1) is 33.7 Å². The molecular weight excluding hydrogens is 829 g/mol. The molecular formula is C47H40IrN4O-2. The van der Waals surface area contributed by atoms with Gasteiger partial charge < -0.3 is 14.0 Å². The fourth-order valence-electron chi connectivity index (χ4n) is 7.04. The Bertz CT molecular complexity index is 2800. The van der Waals surface area contributed by atoms with Crippen molar-refractivity contribution >= 4 is 43.9 Å². The monoisotopic (exact) mass is 872 g/mol. The molecule has 53 heavy (non-hydrogen) atoms. The second kappa shape index (κ2) is 14.9. The second-order valence-electron chi connectivity index (χ2n) is 13.7. The number of fused-ring (bicyclic) bond motifs is 6. The van der Waals surface area contributed by atoms with Crippen LogP contribution in [0.25, 0.3) is 72.2 Å². The number of rotatable bonds is 5. The fourth-order valence-corrected chi connectivity index (χ4v) is 7.04. The maximum Gasteiger partial charge on any atom is 0.120 e. The van der Waals surface area contributed by atoms with Crippen LogP contribution in [0.2, 0.25) is 0 Å². The number of furan rings is 1. The largest absolute Gasteiger partial charge is 0.501 e. The number of hydrogen-bond donors (Lipinski definition) is 0. The number of nitrogens with zero attached hydrogens (tertiary/aromatic N) is 4. The number of imidazole rings is 1. The van der Waals surface area contributed by atoms with E-state index >= 15 is 0 Å². The van der Waals surface area contributed by atoms with Crippen LogP contribution in [-0.2, 0) is 20.1 Å². The summed E-state index contributed by atoms with van der Waals surface area (Å²) in [6.45, 7) is 9.01. The van der Waals surface area contributed by atoms with Crippen molar-refractivity contribution in [1.82, 2.24) is 19.5 Å². The molecule has 0 aliphatic heterocycles. The van der Waals surface area contributed by atoms with Crippen molar-refractivity contribution in [3.8, 4) is 28.3 Å². The predicted molar refractivity (Wildman–Crippen MR) is 214 cm³/mol. The summed E-state index contributed by atoms with van der Waals surface area (Å²) in [5.74, 6) is 1.47. The molecule has 0 saturated heterocycles. The summed E-state index contributed by atoms with van der Waals surface area (Å²) in [6.07, 6.45) is 1.39. The molecule has 0 aliphatic rings. The summed E-state index contributed by atoms with van der Waals surface area (Å²) in [7, 11) is 0. The van der Waals surface area contributed by atoms with Gasteiger partial charge in [-0.1, -0.05) is 105 Å². The molecule has 0 N–H and O–H groups in total. The van der Waals surface area contributed by atoms with Crippen molar-refractivity contribution in [3.05, 3.63) is 156 Å². The van der Waals surface area contributed by atoms with Crippen LogP contribution in [0, 0.1) is 25.9 Å². The van der Waals surface area contributed by atoms with Crippen LogP contribution in [0.4, 0.5) is 0 Å². The van der Waals surface area contributed by atoms with Crippen molar-refractivity contribution in [2.45, 2.75) is 53.3 Å². The van der Waals surface area contributed by atoms with Crippen molar-refractivity contribution < 1.29 is 28.6 Å². The maximum absolute atomic E-state index is 7.23. The standard InChI is InChI=1S/C35H30N3O.C12H10N.Ir/c1-20(2)23-14-10-15-24(21(3)4)32(23)38-33-27-13-6-8-18-29(27)36-22(5)31(33)37-35(38)28-17-11-16-26-25-12-7-9-19-30(25)39-34(26)28;1-10-7-8-12(13-9-10)11-5-3-2-4-6-11;/h6-16,18-21H,1-5H3;2-5,7-9H,1H3;/q2*-1;/i;1D3;. The molecule has 9 aromatic rings. The average molecular weight is 872 g/mol. The van der Waals surface area contributed by atoms with Crippen LogP contribution in [0.5, 0.6) is 0 Å². The van der Waals surface area contributed by atoms with E-state index in [1.165, 1.54) is 23.0 Å². The minimum Gasteiger partial charge on any atom is -0.501 e. The molecule has 6 heteroatoms. The van der Waals surface area contributed by atoms with Crippen molar-refractivity contribution in [2.24, 2.45) is 0 Å². The summed E-state index contributed by atoms with van der Waals surface area (Å²) in [6, 6.07) is 44.6. The Morgan fingerprint density at radius 2 is 1.45 bits per heavy atom. The summed E-state index contributed by atoms with van der Waals surface area (Å²) >= 11 is 0. The SMILES string of the molecule is Cc1nc2ccccc2c2c1nc(-c1[c-]ccc3c1oc1ccccc13)n2-c1c(C(C)C)cccc1C(C)C.[2H]C([2H])([2H])c1ccc(-c2[c-]cccc2)nc1.[Ir]. The first-order valence-electron chi connectivity index (χ1n) is 19.2. The molecule has 1 radical (unpaired) electrons. The summed E-state index contributed by atoms with van der Waals surface area (Å²) in [5.41, 5.74) is 12.0. The van der Waals surface area contributed by atoms with Crippen LogP contribution >= 0.6 is 0 Å². The summed E-state index contributed by atoms with van der Waals surface area (Å²) < 4.78 is 30.6. The second-order valence-corrected chi connectivity index (χ2v) is 13.7. The first-order valence-corrected chi connectivity index (χ1v) is 17.7. The van der Waals surface area contributed by atoms with Crippen LogP contribution in [0.1, 0.15) is 66.0 Å². The van der Waals surface area contributed by atoms with E-state index in [9.17, 15) is 0 Å². The van der Waals surface area contributed by atoms with Gasteiger partial charge in [0.25, 0.3) is 0 Å². The van der Waals surface area contributed by atoms with E-state index in [0.717, 1.165) is 72.2 Å². The summed E-state index contributed by atoms with van der Waals surface area (Å²) in [5, 5.41) is 3.25. The van der Waals surface area contributed by atoms with Gasteiger partial charge in [-0.3, -0.25) is 9.97 Å². The molecule has 0 saturated carbocycles. The van der Waals surface area contributed by atoms with Gasteiger partial charge in [0, 0.05) is 46.9 Å². The van der Waals surface area contributed by atoms with E-state index < -0.39 is 6.85 Å². The van der Waals surface area contributed by atoms with E-state index in [2.05, 4.69) is 111 Å². The Balaban J connectivity index is 0.000000238. The Morgan fingerprint density at radius 1 is 0.717 bits per heavy atom. The van der Waals surface area contributed by atoms with Gasteiger partial charge in [-0.2, -0.15) is 0 Å². The Kier molecular flexibility index (Phi) is 9.07. The first-order chi connectivity index (χ1) is 26.5. The third kappa shape index (κ3) is 6.58. The van der Waals surface area contributed by atoms with Gasteiger partial charge in [-0.25, -0.2) is 0 Å². The normalized spacial score (nSPS) is 12.5. The van der Waals surface area contributed by atoms with E-state index in [1.807, 2.05) is 42.5 Å². The third-order valence-electron chi connectivity index (χ3n) is 9.54. The Labute approximate surface area is 328 Å². The van der Waals surface area contributed by atoms with E-state index in [0.29, 0.717) is 11.8 Å². The Morgan fingerprint density at radius 3 is 2.15 bits per heavy atom. The molecule has 0 spiro atoms. The molecule has 0 atom stereocenters. The van der Waals surface area contributed by atoms with E-state index in [4.69, 9.17) is 18.5 Å². The quantitative estimate of drug-likeness (QED) is 0.162. The molecule has 265 valence electrons. The Hall–Kier alpha value is -5.42. The molecule has 5 aromatic carbocycles. The number of benzene rings is 5. The fraction of sp³-hybridized carbons (Fsp3) is 0.170. The van der Waals surface area contributed by atoms with Crippen molar-refractivity contribution in [1.29, 1.82) is 0 Å². The minimum atomic E-state index is -2.09. The molecule has 4 heterocycles. The van der Waals surface area contributed by atoms with Gasteiger partial charge in [0.15, 0.2) is 0 Å². The molecule has 0 fully saturated rings.